The summed E-state index contributed by atoms with van der Waals surface area (Å²) >= 11 is 0. The molecule has 0 aliphatic carbocycles. The number of benzene rings is 2. The van der Waals surface area contributed by atoms with Crippen LogP contribution < -0.4 is 0 Å². The van der Waals surface area contributed by atoms with Crippen LogP contribution in [0.5, 0.6) is 0 Å². The van der Waals surface area contributed by atoms with Crippen molar-refractivity contribution in [2.24, 2.45) is 0 Å². The molecule has 0 bridgehead atoms. The molecule has 5 rings (SSSR count). The van der Waals surface area contributed by atoms with Crippen LogP contribution in [0.4, 0.5) is 10.1 Å². The second kappa shape index (κ2) is 9.15. The molecule has 0 saturated heterocycles. The average molecular weight is 458 g/mol. The van der Waals surface area contributed by atoms with Gasteiger partial charge in [-0.15, -0.1) is 0 Å². The smallest absolute Gasteiger partial charge is 0.272 e. The largest absolute Gasteiger partial charge is 0.375 e. The predicted octanol–water partition coefficient (Wildman–Crippen LogP) is 5.67. The lowest BCUT2D eigenvalue weighted by atomic mass is 10.0. The molecule has 3 heterocycles. The third-order valence-corrected chi connectivity index (χ3v) is 6.30. The van der Waals surface area contributed by atoms with Gasteiger partial charge in [0.25, 0.3) is 5.69 Å². The topological polar surface area (TPSA) is 83.1 Å². The molecular weight excluding hydrogens is 435 g/mol. The number of nitro benzene ring substituents is 1. The molecule has 0 radical (unpaired) electrons. The first-order chi connectivity index (χ1) is 16.5. The van der Waals surface area contributed by atoms with Crippen molar-refractivity contribution in [3.05, 3.63) is 99.9 Å². The summed E-state index contributed by atoms with van der Waals surface area (Å²) in [5.74, 6) is 0.676. The lowest BCUT2D eigenvalue weighted by Gasteiger charge is -2.18. The van der Waals surface area contributed by atoms with Gasteiger partial charge in [0.05, 0.1) is 35.6 Å². The van der Waals surface area contributed by atoms with E-state index in [4.69, 9.17) is 9.72 Å². The summed E-state index contributed by atoms with van der Waals surface area (Å²) < 4.78 is 21.8. The standard InChI is InChI=1S/C26H23FN4O3/c1-17-20(3-2-4-23(17)31(32)33)15-34-16-22-9-10-24-29-25(18-5-7-21(27)8-6-18)26(30(22)24)19-11-13-28-14-12-19/h2-8,11-14,22H,9-10,15-16H2,1H3. The number of ether oxygens (including phenoxy) is 1. The van der Waals surface area contributed by atoms with Crippen molar-refractivity contribution in [3.63, 3.8) is 0 Å². The Morgan fingerprint density at radius 3 is 2.62 bits per heavy atom. The van der Waals surface area contributed by atoms with E-state index in [0.29, 0.717) is 18.8 Å². The van der Waals surface area contributed by atoms with E-state index in [0.717, 1.165) is 46.7 Å². The van der Waals surface area contributed by atoms with Gasteiger partial charge in [-0.25, -0.2) is 9.37 Å². The number of nitrogens with zero attached hydrogens (tertiary/aromatic N) is 4. The van der Waals surface area contributed by atoms with Gasteiger partial charge in [-0.2, -0.15) is 0 Å². The van der Waals surface area contributed by atoms with Crippen molar-refractivity contribution in [1.29, 1.82) is 0 Å². The number of rotatable bonds is 7. The van der Waals surface area contributed by atoms with Gasteiger partial charge in [0.15, 0.2) is 0 Å². The molecule has 1 unspecified atom stereocenters. The number of hydrogen-bond acceptors (Lipinski definition) is 5. The van der Waals surface area contributed by atoms with Crippen LogP contribution in [0.25, 0.3) is 22.5 Å². The monoisotopic (exact) mass is 458 g/mol. The molecule has 1 aliphatic heterocycles. The van der Waals surface area contributed by atoms with Crippen LogP contribution in [0, 0.1) is 22.9 Å². The fourth-order valence-corrected chi connectivity index (χ4v) is 4.55. The van der Waals surface area contributed by atoms with Crippen LogP contribution in [-0.4, -0.2) is 26.1 Å². The fourth-order valence-electron chi connectivity index (χ4n) is 4.55. The Hall–Kier alpha value is -3.91. The van der Waals surface area contributed by atoms with Crippen molar-refractivity contribution in [3.8, 4) is 22.5 Å². The molecule has 2 aromatic carbocycles. The molecule has 172 valence electrons. The third kappa shape index (κ3) is 4.08. The number of fused-ring (bicyclic) bond motifs is 1. The zero-order valence-corrected chi connectivity index (χ0v) is 18.6. The SMILES string of the molecule is Cc1c(COCC2CCc3nc(-c4ccc(F)cc4)c(-c4ccncc4)n32)cccc1[N+](=O)[O-]. The maximum Gasteiger partial charge on any atom is 0.272 e. The third-order valence-electron chi connectivity index (χ3n) is 6.30. The maximum atomic E-state index is 13.5. The van der Waals surface area contributed by atoms with Crippen molar-refractivity contribution in [2.45, 2.75) is 32.4 Å². The minimum absolute atomic E-state index is 0.0684. The number of halogens is 1. The van der Waals surface area contributed by atoms with Crippen molar-refractivity contribution >= 4 is 5.69 Å². The number of pyridine rings is 1. The summed E-state index contributed by atoms with van der Waals surface area (Å²) in [7, 11) is 0. The fraction of sp³-hybridized carbons (Fsp3) is 0.231. The zero-order valence-electron chi connectivity index (χ0n) is 18.6. The number of aromatic nitrogens is 3. The van der Waals surface area contributed by atoms with Gasteiger partial charge in [0, 0.05) is 41.6 Å². The van der Waals surface area contributed by atoms with Crippen LogP contribution in [0.2, 0.25) is 0 Å². The molecule has 7 nitrogen and oxygen atoms in total. The second-order valence-electron chi connectivity index (χ2n) is 8.36. The summed E-state index contributed by atoms with van der Waals surface area (Å²) in [5.41, 5.74) is 5.12. The minimum Gasteiger partial charge on any atom is -0.375 e. The van der Waals surface area contributed by atoms with Crippen LogP contribution in [0.15, 0.2) is 67.0 Å². The molecule has 0 saturated carbocycles. The lowest BCUT2D eigenvalue weighted by molar-refractivity contribution is -0.385. The molecule has 4 aromatic rings. The van der Waals surface area contributed by atoms with Crippen LogP contribution in [0.3, 0.4) is 0 Å². The molecular formula is C26H23FN4O3. The molecule has 1 aliphatic rings. The van der Waals surface area contributed by atoms with E-state index < -0.39 is 0 Å². The molecule has 0 amide bonds. The highest BCUT2D eigenvalue weighted by Gasteiger charge is 2.30. The van der Waals surface area contributed by atoms with Crippen LogP contribution in [-0.2, 0) is 17.8 Å². The number of hydrogen-bond donors (Lipinski definition) is 0. The van der Waals surface area contributed by atoms with Gasteiger partial charge in [-0.3, -0.25) is 15.1 Å². The van der Waals surface area contributed by atoms with Crippen molar-refractivity contribution in [2.75, 3.05) is 6.61 Å². The first kappa shape index (κ1) is 21.9. The summed E-state index contributed by atoms with van der Waals surface area (Å²) in [6.45, 7) is 2.49. The van der Waals surface area contributed by atoms with Crippen molar-refractivity contribution < 1.29 is 14.1 Å². The molecule has 0 fully saturated rings. The minimum atomic E-state index is -0.370. The highest BCUT2D eigenvalue weighted by atomic mass is 19.1. The Kier molecular flexibility index (Phi) is 5.90. The highest BCUT2D eigenvalue weighted by molar-refractivity contribution is 5.79. The van der Waals surface area contributed by atoms with E-state index in [1.54, 1.807) is 37.5 Å². The molecule has 0 spiro atoms. The van der Waals surface area contributed by atoms with Gasteiger partial charge in [-0.05, 0) is 55.3 Å². The summed E-state index contributed by atoms with van der Waals surface area (Å²) in [6, 6.07) is 15.4. The van der Waals surface area contributed by atoms with E-state index in [9.17, 15) is 14.5 Å². The Morgan fingerprint density at radius 1 is 1.12 bits per heavy atom. The van der Waals surface area contributed by atoms with Gasteiger partial charge in [0.1, 0.15) is 11.6 Å². The van der Waals surface area contributed by atoms with Crippen molar-refractivity contribution in [1.82, 2.24) is 14.5 Å². The van der Waals surface area contributed by atoms with Gasteiger partial charge < -0.3 is 9.30 Å². The lowest BCUT2D eigenvalue weighted by Crippen LogP contribution is -2.13. The average Bonchev–Trinajstić information content (AvgIpc) is 3.41. The van der Waals surface area contributed by atoms with E-state index in [1.165, 1.54) is 18.2 Å². The highest BCUT2D eigenvalue weighted by Crippen LogP contribution is 2.39. The number of imidazole rings is 1. The quantitative estimate of drug-likeness (QED) is 0.263. The summed E-state index contributed by atoms with van der Waals surface area (Å²) in [6.07, 6.45) is 5.19. The zero-order chi connectivity index (χ0) is 23.7. The summed E-state index contributed by atoms with van der Waals surface area (Å²) in [4.78, 5) is 19.9. The first-order valence-corrected chi connectivity index (χ1v) is 11.1. The predicted molar refractivity (Wildman–Crippen MR) is 126 cm³/mol. The van der Waals surface area contributed by atoms with E-state index in [1.807, 2.05) is 18.2 Å². The van der Waals surface area contributed by atoms with Crippen LogP contribution >= 0.6 is 0 Å². The normalized spacial score (nSPS) is 14.8. The molecule has 2 aromatic heterocycles. The number of aryl methyl sites for hydroxylation is 1. The maximum absolute atomic E-state index is 13.5. The molecule has 8 heteroatoms. The van der Waals surface area contributed by atoms with Gasteiger partial charge in [-0.1, -0.05) is 12.1 Å². The van der Waals surface area contributed by atoms with E-state index in [-0.39, 0.29) is 22.5 Å². The Labute approximate surface area is 196 Å². The number of nitro groups is 1. The van der Waals surface area contributed by atoms with E-state index in [2.05, 4.69) is 9.55 Å². The van der Waals surface area contributed by atoms with E-state index >= 15 is 0 Å². The Morgan fingerprint density at radius 2 is 1.88 bits per heavy atom. The molecule has 1 atom stereocenters. The second-order valence-corrected chi connectivity index (χ2v) is 8.36. The van der Waals surface area contributed by atoms with Gasteiger partial charge in [0.2, 0.25) is 0 Å². The molecule has 0 N–H and O–H groups in total. The Balaban J connectivity index is 1.44. The first-order valence-electron chi connectivity index (χ1n) is 11.1. The summed E-state index contributed by atoms with van der Waals surface area (Å²) in [5, 5.41) is 11.2. The van der Waals surface area contributed by atoms with Crippen LogP contribution in [0.1, 0.15) is 29.4 Å². The van der Waals surface area contributed by atoms with Gasteiger partial charge >= 0.3 is 0 Å². The Bertz CT molecular complexity index is 1340. The molecule has 34 heavy (non-hydrogen) atoms.